The van der Waals surface area contributed by atoms with E-state index >= 15 is 0 Å². The van der Waals surface area contributed by atoms with Gasteiger partial charge in [-0.25, -0.2) is 0 Å². The molecule has 1 aliphatic carbocycles. The Hall–Kier alpha value is -5.38. The van der Waals surface area contributed by atoms with E-state index in [0.717, 1.165) is 28.4 Å². The molecule has 0 unspecified atom stereocenters. The summed E-state index contributed by atoms with van der Waals surface area (Å²) in [4.78, 5) is 0. The molecule has 0 fully saturated rings. The van der Waals surface area contributed by atoms with Crippen LogP contribution in [0.3, 0.4) is 0 Å². The molecule has 44 heavy (non-hydrogen) atoms. The third kappa shape index (κ3) is 3.04. The van der Waals surface area contributed by atoms with Crippen LogP contribution in [-0.4, -0.2) is 0 Å². The zero-order chi connectivity index (χ0) is 28.8. The summed E-state index contributed by atoms with van der Waals surface area (Å²) >= 11 is 1.86. The summed E-state index contributed by atoms with van der Waals surface area (Å²) in [5.74, 6) is 1.78. The molecule has 2 heterocycles. The molecule has 2 nitrogen and oxygen atoms in total. The molecular weight excluding hydrogens is 555 g/mol. The van der Waals surface area contributed by atoms with Crippen molar-refractivity contribution in [3.05, 3.63) is 168 Å². The highest BCUT2D eigenvalue weighted by Gasteiger charge is 2.52. The van der Waals surface area contributed by atoms with Gasteiger partial charge in [-0.05, 0) is 58.0 Å². The van der Waals surface area contributed by atoms with Crippen molar-refractivity contribution in [3.8, 4) is 22.6 Å². The normalized spacial score (nSPS) is 13.8. The molecule has 0 bridgehead atoms. The highest BCUT2D eigenvalue weighted by Crippen LogP contribution is 2.63. The van der Waals surface area contributed by atoms with Gasteiger partial charge in [0.05, 0.1) is 11.1 Å². The van der Waals surface area contributed by atoms with Crippen LogP contribution in [0.5, 0.6) is 11.5 Å². The molecular formula is C41H25NOS. The highest BCUT2D eigenvalue weighted by atomic mass is 32.1. The lowest BCUT2D eigenvalue weighted by atomic mass is 9.65. The van der Waals surface area contributed by atoms with Crippen molar-refractivity contribution in [2.24, 2.45) is 0 Å². The molecule has 0 atom stereocenters. The number of benzene rings is 7. The van der Waals surface area contributed by atoms with Crippen LogP contribution in [0.2, 0.25) is 0 Å². The molecule has 0 saturated heterocycles. The van der Waals surface area contributed by atoms with E-state index in [1.54, 1.807) is 0 Å². The van der Waals surface area contributed by atoms with Crippen LogP contribution in [0.15, 0.2) is 146 Å². The van der Waals surface area contributed by atoms with Gasteiger partial charge in [0.1, 0.15) is 11.5 Å². The zero-order valence-corrected chi connectivity index (χ0v) is 24.5. The minimum absolute atomic E-state index is 0.540. The van der Waals surface area contributed by atoms with Gasteiger partial charge in [0.15, 0.2) is 0 Å². The maximum absolute atomic E-state index is 6.76. The number of ether oxygens (including phenoxy) is 1. The number of nitrogens with one attached hydrogen (secondary N) is 1. The molecule has 0 amide bonds. The SMILES string of the molecule is c1ccc2c(c1)Oc1cccc(Nc3c4ccccc4cc4sc5ccccc5c34)c1C21c2ccccc2-c2ccccc21. The summed E-state index contributed by atoms with van der Waals surface area (Å²) in [5, 5.41) is 9.04. The smallest absolute Gasteiger partial charge is 0.134 e. The largest absolute Gasteiger partial charge is 0.457 e. The molecule has 2 aliphatic rings. The predicted octanol–water partition coefficient (Wildman–Crippen LogP) is 11.4. The van der Waals surface area contributed by atoms with Gasteiger partial charge in [-0.15, -0.1) is 11.3 Å². The molecule has 1 aliphatic heterocycles. The highest BCUT2D eigenvalue weighted by molar-refractivity contribution is 7.26. The zero-order valence-electron chi connectivity index (χ0n) is 23.7. The minimum Gasteiger partial charge on any atom is -0.457 e. The van der Waals surface area contributed by atoms with Crippen LogP contribution < -0.4 is 10.1 Å². The lowest BCUT2D eigenvalue weighted by Crippen LogP contribution is -2.33. The molecule has 0 saturated carbocycles. The van der Waals surface area contributed by atoms with Crippen molar-refractivity contribution in [1.82, 2.24) is 0 Å². The molecule has 7 aromatic carbocycles. The van der Waals surface area contributed by atoms with Crippen LogP contribution in [0.4, 0.5) is 11.4 Å². The Morgan fingerprint density at radius 3 is 1.98 bits per heavy atom. The van der Waals surface area contributed by atoms with Crippen molar-refractivity contribution >= 4 is 53.7 Å². The van der Waals surface area contributed by atoms with Gasteiger partial charge in [-0.2, -0.15) is 0 Å². The predicted molar refractivity (Wildman–Crippen MR) is 184 cm³/mol. The third-order valence-electron chi connectivity index (χ3n) is 9.51. The topological polar surface area (TPSA) is 21.3 Å². The van der Waals surface area contributed by atoms with Crippen LogP contribution in [-0.2, 0) is 5.41 Å². The summed E-state index contributed by atoms with van der Waals surface area (Å²) < 4.78 is 9.34. The van der Waals surface area contributed by atoms with E-state index in [1.165, 1.54) is 58.8 Å². The molecule has 1 N–H and O–H groups in total. The van der Waals surface area contributed by atoms with Crippen molar-refractivity contribution < 1.29 is 4.74 Å². The summed E-state index contributed by atoms with van der Waals surface area (Å²) in [5.41, 5.74) is 9.09. The quantitative estimate of drug-likeness (QED) is 0.220. The number of fused-ring (bicyclic) bond motifs is 13. The van der Waals surface area contributed by atoms with E-state index in [-0.39, 0.29) is 0 Å². The molecule has 8 aromatic rings. The van der Waals surface area contributed by atoms with Gasteiger partial charge in [-0.1, -0.05) is 115 Å². The van der Waals surface area contributed by atoms with E-state index in [2.05, 4.69) is 151 Å². The summed E-state index contributed by atoms with van der Waals surface area (Å²) in [7, 11) is 0. The Bertz CT molecular complexity index is 2430. The molecule has 3 heteroatoms. The fourth-order valence-corrected chi connectivity index (χ4v) is 9.00. The molecule has 0 radical (unpaired) electrons. The van der Waals surface area contributed by atoms with Crippen LogP contribution in [0.25, 0.3) is 42.1 Å². The molecule has 1 aromatic heterocycles. The second kappa shape index (κ2) is 8.82. The van der Waals surface area contributed by atoms with Crippen molar-refractivity contribution in [1.29, 1.82) is 0 Å². The first-order valence-electron chi connectivity index (χ1n) is 15.0. The number of hydrogen-bond donors (Lipinski definition) is 1. The first-order valence-corrected chi connectivity index (χ1v) is 15.8. The average molecular weight is 580 g/mol. The lowest BCUT2D eigenvalue weighted by Gasteiger charge is -2.40. The summed E-state index contributed by atoms with van der Waals surface area (Å²) in [6.45, 7) is 0. The number of anilines is 2. The Kier molecular flexibility index (Phi) is 4.83. The monoisotopic (exact) mass is 579 g/mol. The van der Waals surface area contributed by atoms with Gasteiger partial charge in [0.2, 0.25) is 0 Å². The number of hydrogen-bond acceptors (Lipinski definition) is 3. The molecule has 1 spiro atoms. The van der Waals surface area contributed by atoms with E-state index in [0.29, 0.717) is 0 Å². The number of thiophene rings is 1. The number of para-hydroxylation sites is 1. The Morgan fingerprint density at radius 2 is 1.16 bits per heavy atom. The maximum Gasteiger partial charge on any atom is 0.134 e. The molecule has 206 valence electrons. The maximum atomic E-state index is 6.76. The van der Waals surface area contributed by atoms with E-state index in [4.69, 9.17) is 4.74 Å². The average Bonchev–Trinajstić information content (AvgIpc) is 3.59. The van der Waals surface area contributed by atoms with Crippen molar-refractivity contribution in [2.75, 3.05) is 5.32 Å². The second-order valence-electron chi connectivity index (χ2n) is 11.7. The second-order valence-corrected chi connectivity index (χ2v) is 12.8. The van der Waals surface area contributed by atoms with Crippen molar-refractivity contribution in [2.45, 2.75) is 5.41 Å². The van der Waals surface area contributed by atoms with Gasteiger partial charge in [0.25, 0.3) is 0 Å². The number of rotatable bonds is 2. The minimum atomic E-state index is -0.540. The van der Waals surface area contributed by atoms with E-state index in [9.17, 15) is 0 Å². The van der Waals surface area contributed by atoms with E-state index < -0.39 is 5.41 Å². The van der Waals surface area contributed by atoms with Crippen LogP contribution in [0, 0.1) is 0 Å². The first-order chi connectivity index (χ1) is 21.8. The third-order valence-corrected chi connectivity index (χ3v) is 10.6. The Balaban J connectivity index is 1.33. The Morgan fingerprint density at radius 1 is 0.523 bits per heavy atom. The fourth-order valence-electron chi connectivity index (χ4n) is 7.84. The Labute approximate surface area is 258 Å². The summed E-state index contributed by atoms with van der Waals surface area (Å²) in [6, 6.07) is 52.6. The van der Waals surface area contributed by atoms with Gasteiger partial charge < -0.3 is 10.1 Å². The van der Waals surface area contributed by atoms with Gasteiger partial charge >= 0.3 is 0 Å². The van der Waals surface area contributed by atoms with Crippen LogP contribution >= 0.6 is 11.3 Å². The van der Waals surface area contributed by atoms with Crippen LogP contribution in [0.1, 0.15) is 22.3 Å². The van der Waals surface area contributed by atoms with Gasteiger partial charge in [-0.3, -0.25) is 0 Å². The van der Waals surface area contributed by atoms with Crippen molar-refractivity contribution in [3.63, 3.8) is 0 Å². The summed E-state index contributed by atoms with van der Waals surface area (Å²) in [6.07, 6.45) is 0. The first kappa shape index (κ1) is 24.1. The lowest BCUT2D eigenvalue weighted by molar-refractivity contribution is 0.437. The fraction of sp³-hybridized carbons (Fsp3) is 0.0244. The standard InChI is InChI=1S/C41H25NOS/c1-2-13-26-25(12-1)24-37-38(29-16-5-10-23-36(29)44-37)40(26)42-33-20-11-22-35-39(33)41(32-19-8-9-21-34(32)43-35)30-17-6-3-14-27(30)28-15-4-7-18-31(28)41/h1-24,42H. The molecule has 10 rings (SSSR count). The van der Waals surface area contributed by atoms with E-state index in [1.807, 2.05) is 11.3 Å². The van der Waals surface area contributed by atoms with Gasteiger partial charge in [0, 0.05) is 42.4 Å².